The predicted octanol–water partition coefficient (Wildman–Crippen LogP) is 2.08. The molecule has 0 atom stereocenters. The van der Waals surface area contributed by atoms with Crippen LogP contribution in [0.15, 0.2) is 23.1 Å². The molecule has 0 saturated carbocycles. The second kappa shape index (κ2) is 6.70. The zero-order valence-corrected chi connectivity index (χ0v) is 11.1. The summed E-state index contributed by atoms with van der Waals surface area (Å²) in [5, 5.41) is 2.84. The van der Waals surface area contributed by atoms with Crippen molar-refractivity contribution >= 4 is 35.1 Å². The molecule has 0 saturated heterocycles. The molecule has 0 aliphatic heterocycles. The molecule has 0 aliphatic rings. The van der Waals surface area contributed by atoms with E-state index < -0.39 is 0 Å². The lowest BCUT2D eigenvalue weighted by molar-refractivity contribution is 0.0956. The number of carbonyl (C=O) groups excluding carboxylic acids is 1. The average Bonchev–Trinajstić information content (AvgIpc) is 2.29. The number of nitrogens with one attached hydrogen (secondary N) is 1. The van der Waals surface area contributed by atoms with Crippen molar-refractivity contribution in [3.63, 3.8) is 0 Å². The highest BCUT2D eigenvalue weighted by Gasteiger charge is 2.06. The molecule has 0 unspecified atom stereocenters. The Hall–Kier alpha value is -0.810. The first-order chi connectivity index (χ1) is 7.69. The van der Waals surface area contributed by atoms with Crippen LogP contribution in [0.4, 0.5) is 5.69 Å². The Morgan fingerprint density at radius 2 is 2.19 bits per heavy atom. The molecule has 0 aromatic heterocycles. The standard InChI is InChI=1S/C11H16N2OS2/c1-15-6-5-13-11(14)8-3-4-10(16-2)9(12)7-8/h3-4,7H,5-6,12H2,1-2H3,(H,13,14). The van der Waals surface area contributed by atoms with Gasteiger partial charge in [0.1, 0.15) is 0 Å². The SMILES string of the molecule is CSCCNC(=O)c1ccc(SC)c(N)c1. The molecule has 16 heavy (non-hydrogen) atoms. The Morgan fingerprint density at radius 1 is 1.44 bits per heavy atom. The summed E-state index contributed by atoms with van der Waals surface area (Å²) in [5.41, 5.74) is 7.10. The quantitative estimate of drug-likeness (QED) is 0.481. The number of carbonyl (C=O) groups is 1. The summed E-state index contributed by atoms with van der Waals surface area (Å²) in [6.07, 6.45) is 3.97. The van der Waals surface area contributed by atoms with E-state index in [0.29, 0.717) is 17.8 Å². The Bertz CT molecular complexity index is 369. The van der Waals surface area contributed by atoms with Crippen LogP contribution in [-0.2, 0) is 0 Å². The van der Waals surface area contributed by atoms with Gasteiger partial charge in [0.25, 0.3) is 5.91 Å². The molecular formula is C11H16N2OS2. The Morgan fingerprint density at radius 3 is 2.75 bits per heavy atom. The fourth-order valence-electron chi connectivity index (χ4n) is 1.24. The first-order valence-corrected chi connectivity index (χ1v) is 7.51. The Kier molecular flexibility index (Phi) is 5.55. The van der Waals surface area contributed by atoms with Gasteiger partial charge in [0.15, 0.2) is 0 Å². The number of benzene rings is 1. The van der Waals surface area contributed by atoms with Crippen LogP contribution in [0.1, 0.15) is 10.4 Å². The minimum absolute atomic E-state index is 0.0617. The first-order valence-electron chi connectivity index (χ1n) is 4.89. The van der Waals surface area contributed by atoms with Crippen molar-refractivity contribution in [1.29, 1.82) is 0 Å². The molecule has 1 aromatic rings. The monoisotopic (exact) mass is 256 g/mol. The fourth-order valence-corrected chi connectivity index (χ4v) is 2.05. The molecule has 0 radical (unpaired) electrons. The number of amides is 1. The average molecular weight is 256 g/mol. The minimum atomic E-state index is -0.0617. The molecule has 1 amide bonds. The van der Waals surface area contributed by atoms with Crippen molar-refractivity contribution in [1.82, 2.24) is 5.32 Å². The Balaban J connectivity index is 2.66. The second-order valence-electron chi connectivity index (χ2n) is 3.21. The molecule has 0 bridgehead atoms. The zero-order valence-electron chi connectivity index (χ0n) is 9.45. The third-order valence-corrected chi connectivity index (χ3v) is 3.51. The first kappa shape index (κ1) is 13.3. The van der Waals surface area contributed by atoms with Gasteiger partial charge in [0, 0.05) is 28.4 Å². The van der Waals surface area contributed by atoms with Crippen molar-refractivity contribution < 1.29 is 4.79 Å². The molecule has 3 nitrogen and oxygen atoms in total. The summed E-state index contributed by atoms with van der Waals surface area (Å²) < 4.78 is 0. The number of rotatable bonds is 5. The molecule has 5 heteroatoms. The van der Waals surface area contributed by atoms with Crippen molar-refractivity contribution in [2.45, 2.75) is 4.90 Å². The van der Waals surface area contributed by atoms with Gasteiger partial charge < -0.3 is 11.1 Å². The highest BCUT2D eigenvalue weighted by Crippen LogP contribution is 2.23. The summed E-state index contributed by atoms with van der Waals surface area (Å²) in [4.78, 5) is 12.7. The maximum absolute atomic E-state index is 11.7. The summed E-state index contributed by atoms with van der Waals surface area (Å²) in [6.45, 7) is 0.685. The van der Waals surface area contributed by atoms with Crippen LogP contribution in [0, 0.1) is 0 Å². The zero-order chi connectivity index (χ0) is 12.0. The van der Waals surface area contributed by atoms with E-state index in [1.165, 1.54) is 0 Å². The maximum atomic E-state index is 11.7. The molecule has 0 fully saturated rings. The molecule has 0 heterocycles. The van der Waals surface area contributed by atoms with E-state index in [4.69, 9.17) is 5.73 Å². The normalized spacial score (nSPS) is 10.1. The molecule has 1 rings (SSSR count). The molecule has 88 valence electrons. The van der Waals surface area contributed by atoms with Gasteiger partial charge in [-0.25, -0.2) is 0 Å². The molecule has 0 spiro atoms. The lowest BCUT2D eigenvalue weighted by atomic mass is 10.2. The third kappa shape index (κ3) is 3.64. The topological polar surface area (TPSA) is 55.1 Å². The van der Waals surface area contributed by atoms with Crippen molar-refractivity contribution in [2.75, 3.05) is 30.5 Å². The van der Waals surface area contributed by atoms with Crippen molar-refractivity contribution in [3.8, 4) is 0 Å². The van der Waals surface area contributed by atoms with E-state index in [2.05, 4.69) is 5.32 Å². The molecule has 0 aliphatic carbocycles. The van der Waals surface area contributed by atoms with Gasteiger partial charge in [-0.15, -0.1) is 11.8 Å². The van der Waals surface area contributed by atoms with E-state index in [-0.39, 0.29) is 5.91 Å². The van der Waals surface area contributed by atoms with Gasteiger partial charge in [-0.3, -0.25) is 4.79 Å². The van der Waals surface area contributed by atoms with Crippen LogP contribution in [0.25, 0.3) is 0 Å². The second-order valence-corrected chi connectivity index (χ2v) is 5.04. The van der Waals surface area contributed by atoms with Crippen LogP contribution < -0.4 is 11.1 Å². The lowest BCUT2D eigenvalue weighted by Crippen LogP contribution is -2.25. The van der Waals surface area contributed by atoms with Gasteiger partial charge >= 0.3 is 0 Å². The number of thioether (sulfide) groups is 2. The van der Waals surface area contributed by atoms with Crippen molar-refractivity contribution in [3.05, 3.63) is 23.8 Å². The third-order valence-electron chi connectivity index (χ3n) is 2.08. The van der Waals surface area contributed by atoms with Gasteiger partial charge in [-0.05, 0) is 30.7 Å². The Labute approximate surface area is 105 Å². The van der Waals surface area contributed by atoms with Gasteiger partial charge in [0.2, 0.25) is 0 Å². The van der Waals surface area contributed by atoms with E-state index in [9.17, 15) is 4.79 Å². The van der Waals surface area contributed by atoms with E-state index in [1.807, 2.05) is 18.6 Å². The van der Waals surface area contributed by atoms with Gasteiger partial charge in [-0.1, -0.05) is 0 Å². The molecule has 1 aromatic carbocycles. The van der Waals surface area contributed by atoms with Crippen LogP contribution in [0.3, 0.4) is 0 Å². The van der Waals surface area contributed by atoms with E-state index in [0.717, 1.165) is 10.6 Å². The smallest absolute Gasteiger partial charge is 0.251 e. The van der Waals surface area contributed by atoms with Crippen LogP contribution in [0.2, 0.25) is 0 Å². The summed E-state index contributed by atoms with van der Waals surface area (Å²) in [6, 6.07) is 5.40. The summed E-state index contributed by atoms with van der Waals surface area (Å²) in [7, 11) is 0. The number of hydrogen-bond acceptors (Lipinski definition) is 4. The maximum Gasteiger partial charge on any atom is 0.251 e. The number of nitrogen functional groups attached to an aromatic ring is 1. The molecular weight excluding hydrogens is 240 g/mol. The summed E-state index contributed by atoms with van der Waals surface area (Å²) >= 11 is 3.28. The largest absolute Gasteiger partial charge is 0.398 e. The lowest BCUT2D eigenvalue weighted by Gasteiger charge is -2.07. The number of hydrogen-bond donors (Lipinski definition) is 2. The molecule has 3 N–H and O–H groups in total. The highest BCUT2D eigenvalue weighted by atomic mass is 32.2. The predicted molar refractivity (Wildman–Crippen MR) is 73.4 cm³/mol. The number of anilines is 1. The minimum Gasteiger partial charge on any atom is -0.398 e. The van der Waals surface area contributed by atoms with E-state index >= 15 is 0 Å². The van der Waals surface area contributed by atoms with Crippen molar-refractivity contribution in [2.24, 2.45) is 0 Å². The number of nitrogens with two attached hydrogens (primary N) is 1. The fraction of sp³-hybridized carbons (Fsp3) is 0.364. The van der Waals surface area contributed by atoms with Gasteiger partial charge in [0.05, 0.1) is 0 Å². The van der Waals surface area contributed by atoms with Crippen LogP contribution >= 0.6 is 23.5 Å². The summed E-state index contributed by atoms with van der Waals surface area (Å²) in [5.74, 6) is 0.859. The van der Waals surface area contributed by atoms with Crippen LogP contribution in [-0.4, -0.2) is 30.7 Å². The van der Waals surface area contributed by atoms with Gasteiger partial charge in [-0.2, -0.15) is 11.8 Å². The van der Waals surface area contributed by atoms with E-state index in [1.54, 1.807) is 35.7 Å². The van der Waals surface area contributed by atoms with Crippen LogP contribution in [0.5, 0.6) is 0 Å². The highest BCUT2D eigenvalue weighted by molar-refractivity contribution is 7.98.